The van der Waals surface area contributed by atoms with Crippen LogP contribution in [-0.4, -0.2) is 41.4 Å². The smallest absolute Gasteiger partial charge is 0.0945 e. The van der Waals surface area contributed by atoms with E-state index in [9.17, 15) is 0 Å². The quantitative estimate of drug-likeness (QED) is 0.849. The van der Waals surface area contributed by atoms with Gasteiger partial charge in [0.2, 0.25) is 0 Å². The monoisotopic (exact) mass is 316 g/mol. The van der Waals surface area contributed by atoms with Gasteiger partial charge in [-0.2, -0.15) is 0 Å². The Bertz CT molecular complexity index is 623. The van der Waals surface area contributed by atoms with Gasteiger partial charge in [-0.1, -0.05) is 24.6 Å². The van der Waals surface area contributed by atoms with E-state index >= 15 is 0 Å². The zero-order valence-corrected chi connectivity index (χ0v) is 14.2. The van der Waals surface area contributed by atoms with E-state index < -0.39 is 0 Å². The van der Waals surface area contributed by atoms with Gasteiger partial charge in [0.05, 0.1) is 16.9 Å². The number of para-hydroxylation sites is 1. The molecule has 5 heteroatoms. The summed E-state index contributed by atoms with van der Waals surface area (Å²) in [7, 11) is 4.14. The van der Waals surface area contributed by atoms with Crippen molar-refractivity contribution in [3.63, 3.8) is 0 Å². The van der Waals surface area contributed by atoms with Crippen LogP contribution in [0.3, 0.4) is 0 Å². The first-order valence-electron chi connectivity index (χ1n) is 7.94. The second kappa shape index (κ2) is 7.31. The number of anilines is 1. The fourth-order valence-electron chi connectivity index (χ4n) is 2.75. The molecule has 0 amide bonds. The van der Waals surface area contributed by atoms with Gasteiger partial charge in [0.15, 0.2) is 0 Å². The van der Waals surface area contributed by atoms with Crippen LogP contribution in [0, 0.1) is 0 Å². The van der Waals surface area contributed by atoms with Crippen LogP contribution < -0.4 is 4.72 Å². The maximum Gasteiger partial charge on any atom is 0.0945 e. The van der Waals surface area contributed by atoms with E-state index in [0.29, 0.717) is 0 Å². The molecule has 1 aromatic carbocycles. The molecular weight excluding hydrogens is 292 g/mol. The van der Waals surface area contributed by atoms with Gasteiger partial charge < -0.3 is 9.62 Å². The molecule has 2 aromatic rings. The van der Waals surface area contributed by atoms with Crippen LogP contribution in [0.25, 0.3) is 10.9 Å². The minimum absolute atomic E-state index is 0.865. The zero-order valence-electron chi connectivity index (χ0n) is 13.4. The molecule has 1 fully saturated rings. The van der Waals surface area contributed by atoms with E-state index in [1.165, 1.54) is 37.7 Å². The summed E-state index contributed by atoms with van der Waals surface area (Å²) in [5, 5.41) is 1.19. The number of rotatable bonds is 5. The van der Waals surface area contributed by atoms with Crippen molar-refractivity contribution < 1.29 is 0 Å². The molecule has 0 unspecified atom stereocenters. The van der Waals surface area contributed by atoms with Gasteiger partial charge in [-0.15, -0.1) is 0 Å². The molecule has 0 aliphatic carbocycles. The molecule has 118 valence electrons. The van der Waals surface area contributed by atoms with Crippen LogP contribution in [0.2, 0.25) is 0 Å². The zero-order chi connectivity index (χ0) is 15.4. The third-order valence-corrected chi connectivity index (χ3v) is 4.79. The lowest BCUT2D eigenvalue weighted by Crippen LogP contribution is -2.24. The molecule has 0 bridgehead atoms. The fourth-order valence-corrected chi connectivity index (χ4v) is 3.58. The molecule has 22 heavy (non-hydrogen) atoms. The van der Waals surface area contributed by atoms with Crippen molar-refractivity contribution in [2.24, 2.45) is 0 Å². The molecule has 1 saturated heterocycles. The van der Waals surface area contributed by atoms with Gasteiger partial charge in [-0.3, -0.25) is 0 Å². The number of hydrogen-bond acceptors (Lipinski definition) is 5. The Hall–Kier alpha value is -1.30. The van der Waals surface area contributed by atoms with Crippen molar-refractivity contribution in [2.45, 2.75) is 25.8 Å². The van der Waals surface area contributed by atoms with Gasteiger partial charge in [0, 0.05) is 37.2 Å². The molecule has 1 aromatic heterocycles. The predicted molar refractivity (Wildman–Crippen MR) is 95.8 cm³/mol. The van der Waals surface area contributed by atoms with E-state index in [1.54, 1.807) is 12.1 Å². The van der Waals surface area contributed by atoms with Crippen LogP contribution >= 0.6 is 12.1 Å². The van der Waals surface area contributed by atoms with Crippen molar-refractivity contribution in [3.8, 4) is 0 Å². The summed E-state index contributed by atoms with van der Waals surface area (Å²) in [6.07, 6.45) is 3.96. The minimum atomic E-state index is 0.865. The summed E-state index contributed by atoms with van der Waals surface area (Å²) in [4.78, 5) is 6.99. The lowest BCUT2D eigenvalue weighted by Gasteiger charge is -2.25. The Morgan fingerprint density at radius 3 is 2.73 bits per heavy atom. The number of hydrogen-bond donors (Lipinski definition) is 1. The maximum atomic E-state index is 4.84. The van der Waals surface area contributed by atoms with Crippen molar-refractivity contribution in [1.82, 2.24) is 14.2 Å². The van der Waals surface area contributed by atoms with Gasteiger partial charge in [0.1, 0.15) is 0 Å². The largest absolute Gasteiger partial charge is 0.315 e. The second-order valence-electron chi connectivity index (χ2n) is 6.10. The summed E-state index contributed by atoms with van der Waals surface area (Å²) in [6, 6.07) is 10.6. The molecular formula is C17H24N4S. The first-order valence-corrected chi connectivity index (χ1v) is 8.71. The van der Waals surface area contributed by atoms with E-state index in [-0.39, 0.29) is 0 Å². The molecule has 0 saturated carbocycles. The third kappa shape index (κ3) is 3.91. The highest BCUT2D eigenvalue weighted by Crippen LogP contribution is 2.26. The minimum Gasteiger partial charge on any atom is -0.315 e. The molecule has 0 atom stereocenters. The van der Waals surface area contributed by atoms with Gasteiger partial charge in [-0.25, -0.2) is 9.29 Å². The predicted octanol–water partition coefficient (Wildman–Crippen LogP) is 3.76. The van der Waals surface area contributed by atoms with E-state index in [1.807, 2.05) is 0 Å². The first kappa shape index (κ1) is 15.6. The highest BCUT2D eigenvalue weighted by molar-refractivity contribution is 7.98. The SMILES string of the molecule is CN(C)Cc1ccc2cccc(NSN3CCCCC3)c2n1. The van der Waals surface area contributed by atoms with Crippen molar-refractivity contribution >= 4 is 28.7 Å². The fraction of sp³-hybridized carbons (Fsp3) is 0.471. The maximum absolute atomic E-state index is 4.84. The van der Waals surface area contributed by atoms with Gasteiger partial charge in [-0.05, 0) is 39.1 Å². The molecule has 3 rings (SSSR count). The molecule has 2 heterocycles. The number of aromatic nitrogens is 1. The Kier molecular flexibility index (Phi) is 5.18. The number of nitrogens with zero attached hydrogens (tertiary/aromatic N) is 3. The molecule has 1 N–H and O–H groups in total. The van der Waals surface area contributed by atoms with Crippen LogP contribution in [0.15, 0.2) is 30.3 Å². The highest BCUT2D eigenvalue weighted by atomic mass is 32.2. The summed E-state index contributed by atoms with van der Waals surface area (Å²) >= 11 is 1.72. The lowest BCUT2D eigenvalue weighted by atomic mass is 10.2. The lowest BCUT2D eigenvalue weighted by molar-refractivity contribution is 0.381. The summed E-state index contributed by atoms with van der Waals surface area (Å²) in [6.45, 7) is 3.20. The van der Waals surface area contributed by atoms with E-state index in [2.05, 4.69) is 58.4 Å². The average Bonchev–Trinajstić information content (AvgIpc) is 2.53. The Morgan fingerprint density at radius 2 is 1.95 bits per heavy atom. The summed E-state index contributed by atoms with van der Waals surface area (Å²) in [5.74, 6) is 0. The summed E-state index contributed by atoms with van der Waals surface area (Å²) in [5.41, 5.74) is 3.27. The molecule has 0 radical (unpaired) electrons. The topological polar surface area (TPSA) is 31.4 Å². The number of fused-ring (bicyclic) bond motifs is 1. The van der Waals surface area contributed by atoms with E-state index in [0.717, 1.165) is 23.4 Å². The normalized spacial score (nSPS) is 16.3. The van der Waals surface area contributed by atoms with Crippen molar-refractivity contribution in [1.29, 1.82) is 0 Å². The molecule has 4 nitrogen and oxygen atoms in total. The third-order valence-electron chi connectivity index (χ3n) is 3.86. The van der Waals surface area contributed by atoms with Crippen LogP contribution in [0.5, 0.6) is 0 Å². The number of nitrogens with one attached hydrogen (secondary N) is 1. The molecule has 1 aliphatic rings. The number of pyridine rings is 1. The molecule has 1 aliphatic heterocycles. The van der Waals surface area contributed by atoms with E-state index in [4.69, 9.17) is 4.98 Å². The number of piperidine rings is 1. The Balaban J connectivity index is 1.78. The van der Waals surface area contributed by atoms with Gasteiger partial charge >= 0.3 is 0 Å². The highest BCUT2D eigenvalue weighted by Gasteiger charge is 2.11. The van der Waals surface area contributed by atoms with Gasteiger partial charge in [0.25, 0.3) is 0 Å². The van der Waals surface area contributed by atoms with Crippen LogP contribution in [0.1, 0.15) is 25.0 Å². The summed E-state index contributed by atoms with van der Waals surface area (Å²) < 4.78 is 5.91. The Labute approximate surface area is 137 Å². The first-order chi connectivity index (χ1) is 10.7. The van der Waals surface area contributed by atoms with Crippen LogP contribution in [0.4, 0.5) is 5.69 Å². The average molecular weight is 316 g/mol. The van der Waals surface area contributed by atoms with Crippen LogP contribution in [-0.2, 0) is 6.54 Å². The standard InChI is InChI=1S/C17H24N4S/c1-20(2)13-15-10-9-14-7-6-8-16(17(14)18-15)19-22-21-11-4-3-5-12-21/h6-10,19H,3-5,11-13H2,1-2H3. The second-order valence-corrected chi connectivity index (χ2v) is 7.00. The Morgan fingerprint density at radius 1 is 1.14 bits per heavy atom. The molecule has 0 spiro atoms. The van der Waals surface area contributed by atoms with Crippen molar-refractivity contribution in [2.75, 3.05) is 31.9 Å². The van der Waals surface area contributed by atoms with Crippen molar-refractivity contribution in [3.05, 3.63) is 36.0 Å². The number of benzene rings is 1.